The first-order valence-corrected chi connectivity index (χ1v) is 8.93. The van der Waals surface area contributed by atoms with Crippen molar-refractivity contribution >= 4 is 22.2 Å². The number of hydrogen-bond donors (Lipinski definition) is 1. The number of aryl methyl sites for hydroxylation is 1. The van der Waals surface area contributed by atoms with Crippen molar-refractivity contribution in [3.05, 3.63) is 59.0 Å². The van der Waals surface area contributed by atoms with E-state index in [2.05, 4.69) is 22.3 Å². The van der Waals surface area contributed by atoms with Crippen LogP contribution in [0, 0.1) is 0 Å². The van der Waals surface area contributed by atoms with Gasteiger partial charge in [0, 0.05) is 0 Å². The van der Waals surface area contributed by atoms with Gasteiger partial charge in [0.15, 0.2) is 0 Å². The smallest absolute Gasteiger partial charge is 0.259 e. The number of carbonyl (C=O) groups is 1. The van der Waals surface area contributed by atoms with E-state index in [1.165, 1.54) is 11.3 Å². The first-order valence-electron chi connectivity index (χ1n) is 8.11. The van der Waals surface area contributed by atoms with Crippen LogP contribution < -0.4 is 5.32 Å². The van der Waals surface area contributed by atoms with E-state index in [1.54, 1.807) is 12.4 Å². The molecule has 6 heteroatoms. The molecule has 3 rings (SSSR count). The fourth-order valence-electron chi connectivity index (χ4n) is 2.54. The lowest BCUT2D eigenvalue weighted by Gasteiger charge is -2.08. The standard InChI is InChI=1S/C18H20N4OS/c1-3-8-15-14(11-20-22(15)13-9-6-5-7-10-13)18(23)21-17-12-19-16(4-2)24-17/h5-7,9-12H,3-4,8H2,1-2H3,(H,21,23). The Morgan fingerprint density at radius 1 is 1.21 bits per heavy atom. The third kappa shape index (κ3) is 3.38. The summed E-state index contributed by atoms with van der Waals surface area (Å²) in [6, 6.07) is 9.89. The fraction of sp³-hybridized carbons (Fsp3) is 0.278. The van der Waals surface area contributed by atoms with Gasteiger partial charge in [0.1, 0.15) is 5.00 Å². The molecule has 1 amide bonds. The maximum atomic E-state index is 12.7. The largest absolute Gasteiger partial charge is 0.312 e. The predicted octanol–water partition coefficient (Wildman–Crippen LogP) is 4.10. The highest BCUT2D eigenvalue weighted by molar-refractivity contribution is 7.15. The Balaban J connectivity index is 1.89. The van der Waals surface area contributed by atoms with Crippen LogP contribution in [0.25, 0.3) is 5.69 Å². The van der Waals surface area contributed by atoms with Crippen LogP contribution in [0.2, 0.25) is 0 Å². The van der Waals surface area contributed by atoms with E-state index < -0.39 is 0 Å². The quantitative estimate of drug-likeness (QED) is 0.735. The van der Waals surface area contributed by atoms with Gasteiger partial charge in [-0.1, -0.05) is 38.5 Å². The number of anilines is 1. The molecule has 124 valence electrons. The second-order valence-electron chi connectivity index (χ2n) is 5.43. The molecule has 1 N–H and O–H groups in total. The van der Waals surface area contributed by atoms with Gasteiger partial charge in [0.05, 0.1) is 34.3 Å². The highest BCUT2D eigenvalue weighted by atomic mass is 32.1. The van der Waals surface area contributed by atoms with E-state index >= 15 is 0 Å². The first-order chi connectivity index (χ1) is 11.7. The number of carbonyl (C=O) groups excluding carboxylic acids is 1. The zero-order chi connectivity index (χ0) is 16.9. The Kier molecular flexibility index (Phi) is 5.05. The number of nitrogens with zero attached hydrogens (tertiary/aromatic N) is 3. The summed E-state index contributed by atoms with van der Waals surface area (Å²) in [7, 11) is 0. The van der Waals surface area contributed by atoms with Gasteiger partial charge in [-0.25, -0.2) is 9.67 Å². The molecule has 0 radical (unpaired) electrons. The van der Waals surface area contributed by atoms with Crippen molar-refractivity contribution in [2.24, 2.45) is 0 Å². The lowest BCUT2D eigenvalue weighted by Crippen LogP contribution is -2.14. The summed E-state index contributed by atoms with van der Waals surface area (Å²) in [6.45, 7) is 4.15. The van der Waals surface area contributed by atoms with E-state index in [-0.39, 0.29) is 5.91 Å². The van der Waals surface area contributed by atoms with Crippen molar-refractivity contribution in [1.82, 2.24) is 14.8 Å². The maximum Gasteiger partial charge on any atom is 0.259 e. The van der Waals surface area contributed by atoms with Crippen molar-refractivity contribution < 1.29 is 4.79 Å². The van der Waals surface area contributed by atoms with Crippen LogP contribution in [0.15, 0.2) is 42.7 Å². The third-order valence-corrected chi connectivity index (χ3v) is 4.75. The van der Waals surface area contributed by atoms with Crippen molar-refractivity contribution in [3.8, 4) is 5.69 Å². The lowest BCUT2D eigenvalue weighted by molar-refractivity contribution is 0.102. The molecule has 3 aromatic rings. The Morgan fingerprint density at radius 3 is 2.67 bits per heavy atom. The molecule has 0 atom stereocenters. The minimum Gasteiger partial charge on any atom is -0.312 e. The monoisotopic (exact) mass is 340 g/mol. The Hall–Kier alpha value is -2.47. The molecule has 0 aliphatic rings. The molecule has 5 nitrogen and oxygen atoms in total. The average Bonchev–Trinajstić information content (AvgIpc) is 3.23. The number of hydrogen-bond acceptors (Lipinski definition) is 4. The topological polar surface area (TPSA) is 59.8 Å². The van der Waals surface area contributed by atoms with Crippen LogP contribution in [-0.2, 0) is 12.8 Å². The molecule has 0 unspecified atom stereocenters. The predicted molar refractivity (Wildman–Crippen MR) is 97.0 cm³/mol. The van der Waals surface area contributed by atoms with Crippen molar-refractivity contribution in [3.63, 3.8) is 0 Å². The second-order valence-corrected chi connectivity index (χ2v) is 6.54. The summed E-state index contributed by atoms with van der Waals surface area (Å²) < 4.78 is 1.85. The van der Waals surface area contributed by atoms with Gasteiger partial charge in [-0.2, -0.15) is 5.10 Å². The molecule has 0 saturated carbocycles. The van der Waals surface area contributed by atoms with Gasteiger partial charge in [-0.05, 0) is 25.0 Å². The van der Waals surface area contributed by atoms with Crippen LogP contribution >= 0.6 is 11.3 Å². The van der Waals surface area contributed by atoms with E-state index in [0.29, 0.717) is 5.56 Å². The number of thiazole rings is 1. The number of amides is 1. The molecule has 0 saturated heterocycles. The van der Waals surface area contributed by atoms with Crippen molar-refractivity contribution in [2.45, 2.75) is 33.1 Å². The van der Waals surface area contributed by atoms with Gasteiger partial charge in [0.2, 0.25) is 0 Å². The minimum absolute atomic E-state index is 0.132. The van der Waals surface area contributed by atoms with Crippen molar-refractivity contribution in [2.75, 3.05) is 5.32 Å². The summed E-state index contributed by atoms with van der Waals surface area (Å²) in [6.07, 6.45) is 5.96. The molecule has 2 heterocycles. The highest BCUT2D eigenvalue weighted by Crippen LogP contribution is 2.22. The van der Waals surface area contributed by atoms with Crippen molar-refractivity contribution in [1.29, 1.82) is 0 Å². The normalized spacial score (nSPS) is 10.8. The van der Waals surface area contributed by atoms with E-state index in [4.69, 9.17) is 0 Å². The van der Waals surface area contributed by atoms with E-state index in [0.717, 1.165) is 40.7 Å². The molecule has 2 aromatic heterocycles. The summed E-state index contributed by atoms with van der Waals surface area (Å²) >= 11 is 1.51. The van der Waals surface area contributed by atoms with Gasteiger partial charge in [-0.15, -0.1) is 11.3 Å². The molecule has 1 aromatic carbocycles. The number of para-hydroxylation sites is 1. The fourth-order valence-corrected chi connectivity index (χ4v) is 3.30. The Bertz CT molecular complexity index is 823. The lowest BCUT2D eigenvalue weighted by atomic mass is 10.1. The average molecular weight is 340 g/mol. The van der Waals surface area contributed by atoms with Crippen LogP contribution in [-0.4, -0.2) is 20.7 Å². The Morgan fingerprint density at radius 2 is 2.00 bits per heavy atom. The van der Waals surface area contributed by atoms with Crippen LogP contribution in [0.5, 0.6) is 0 Å². The van der Waals surface area contributed by atoms with E-state index in [9.17, 15) is 4.79 Å². The summed E-state index contributed by atoms with van der Waals surface area (Å²) in [5, 5.41) is 9.16. The summed E-state index contributed by atoms with van der Waals surface area (Å²) in [5.74, 6) is -0.132. The molecule has 0 aliphatic heterocycles. The number of aromatic nitrogens is 3. The summed E-state index contributed by atoms with van der Waals surface area (Å²) in [4.78, 5) is 16.9. The molecule has 0 spiro atoms. The second kappa shape index (κ2) is 7.40. The minimum atomic E-state index is -0.132. The van der Waals surface area contributed by atoms with Gasteiger partial charge < -0.3 is 5.32 Å². The third-order valence-electron chi connectivity index (χ3n) is 3.69. The number of nitrogens with one attached hydrogen (secondary N) is 1. The molecular formula is C18H20N4OS. The van der Waals surface area contributed by atoms with Crippen LogP contribution in [0.1, 0.15) is 41.3 Å². The molecule has 24 heavy (non-hydrogen) atoms. The maximum absolute atomic E-state index is 12.7. The zero-order valence-corrected chi connectivity index (χ0v) is 14.6. The van der Waals surface area contributed by atoms with Crippen LogP contribution in [0.3, 0.4) is 0 Å². The molecular weight excluding hydrogens is 320 g/mol. The van der Waals surface area contributed by atoms with Gasteiger partial charge >= 0.3 is 0 Å². The van der Waals surface area contributed by atoms with Gasteiger partial charge in [0.25, 0.3) is 5.91 Å². The summed E-state index contributed by atoms with van der Waals surface area (Å²) in [5.41, 5.74) is 2.51. The van der Waals surface area contributed by atoms with Gasteiger partial charge in [-0.3, -0.25) is 4.79 Å². The van der Waals surface area contributed by atoms with E-state index in [1.807, 2.05) is 41.9 Å². The zero-order valence-electron chi connectivity index (χ0n) is 13.8. The molecule has 0 aliphatic carbocycles. The number of benzene rings is 1. The molecule has 0 fully saturated rings. The van der Waals surface area contributed by atoms with Crippen LogP contribution in [0.4, 0.5) is 5.00 Å². The number of rotatable bonds is 6. The Labute approximate surface area is 145 Å². The highest BCUT2D eigenvalue weighted by Gasteiger charge is 2.18. The molecule has 0 bridgehead atoms. The SMILES string of the molecule is CCCc1c(C(=O)Nc2cnc(CC)s2)cnn1-c1ccccc1. The first kappa shape index (κ1) is 16.4.